The highest BCUT2D eigenvalue weighted by Gasteiger charge is 2.50. The molecule has 3 atom stereocenters. The van der Waals surface area contributed by atoms with E-state index in [4.69, 9.17) is 28.3 Å². The number of rotatable bonds is 4. The molecule has 1 aromatic rings. The van der Waals surface area contributed by atoms with E-state index in [2.05, 4.69) is 28.7 Å². The average Bonchev–Trinajstić information content (AvgIpc) is 3.18. The molecule has 10 nitrogen and oxygen atoms in total. The van der Waals surface area contributed by atoms with E-state index in [0.29, 0.717) is 50.0 Å². The van der Waals surface area contributed by atoms with E-state index in [1.165, 1.54) is 12.4 Å². The van der Waals surface area contributed by atoms with Gasteiger partial charge in [0, 0.05) is 59.8 Å². The standard InChI is InChI=1S/C23H31ClN8O2S.C2H6/c1-14-11-30(6-7-31(14)21(33)23(4)5-8-35(23)34)19-18-20(29-13-28-19)32(12-22(18,2)3)17(27)9-15(24)16(26)10-25;1-2/h9,13-14H,5-8,11-12,26-27H2,1-4H3;1-2H3/b16-15+,17-9+;. The zero-order chi connectivity index (χ0) is 27.7. The Labute approximate surface area is 226 Å². The molecule has 1 aromatic heterocycles. The van der Waals surface area contributed by atoms with Crippen molar-refractivity contribution in [3.63, 3.8) is 0 Å². The molecular weight excluding hydrogens is 512 g/mol. The first-order valence-electron chi connectivity index (χ1n) is 12.5. The Balaban J connectivity index is 0.00000186. The molecule has 4 N–H and O–H groups in total. The monoisotopic (exact) mass is 548 g/mol. The van der Waals surface area contributed by atoms with Gasteiger partial charge in [0.25, 0.3) is 0 Å². The number of hydrogen-bond acceptors (Lipinski definition) is 9. The Morgan fingerprint density at radius 2 is 1.89 bits per heavy atom. The molecule has 4 rings (SSSR count). The smallest absolute Gasteiger partial charge is 0.241 e. The molecule has 0 aliphatic carbocycles. The summed E-state index contributed by atoms with van der Waals surface area (Å²) in [4.78, 5) is 28.2. The average molecular weight is 549 g/mol. The lowest BCUT2D eigenvalue weighted by atomic mass is 9.87. The van der Waals surface area contributed by atoms with Gasteiger partial charge >= 0.3 is 0 Å². The van der Waals surface area contributed by atoms with Crippen LogP contribution in [0.2, 0.25) is 0 Å². The zero-order valence-electron chi connectivity index (χ0n) is 22.4. The Hall–Kier alpha value is -2.84. The van der Waals surface area contributed by atoms with Crippen LogP contribution in [0.15, 0.2) is 29.0 Å². The van der Waals surface area contributed by atoms with Gasteiger partial charge in [0.2, 0.25) is 5.91 Å². The first-order valence-corrected chi connectivity index (χ1v) is 14.2. The van der Waals surface area contributed by atoms with Crippen molar-refractivity contribution in [1.82, 2.24) is 14.9 Å². The van der Waals surface area contributed by atoms with Crippen molar-refractivity contribution in [2.75, 3.05) is 41.7 Å². The quantitative estimate of drug-likeness (QED) is 0.427. The molecule has 0 radical (unpaired) electrons. The molecule has 202 valence electrons. The fourth-order valence-electron chi connectivity index (χ4n) is 4.97. The molecule has 37 heavy (non-hydrogen) atoms. The van der Waals surface area contributed by atoms with Crippen LogP contribution < -0.4 is 21.3 Å². The number of hydrogen-bond donors (Lipinski definition) is 2. The number of halogens is 1. The predicted molar refractivity (Wildman–Crippen MR) is 148 cm³/mol. The second-order valence-electron chi connectivity index (χ2n) is 10.1. The van der Waals surface area contributed by atoms with E-state index in [-0.39, 0.29) is 28.1 Å². The highest BCUT2D eigenvalue weighted by molar-refractivity contribution is 7.88. The Morgan fingerprint density at radius 3 is 2.43 bits per heavy atom. The number of anilines is 2. The third kappa shape index (κ3) is 5.14. The number of nitrogens with two attached hydrogens (primary N) is 2. The van der Waals surface area contributed by atoms with Gasteiger partial charge in [-0.05, 0) is 26.3 Å². The number of nitriles is 1. The third-order valence-electron chi connectivity index (χ3n) is 7.16. The van der Waals surface area contributed by atoms with Crippen LogP contribution in [-0.4, -0.2) is 67.7 Å². The van der Waals surface area contributed by atoms with E-state index >= 15 is 0 Å². The summed E-state index contributed by atoms with van der Waals surface area (Å²) in [7, 11) is -1.10. The normalized spacial score (nSPS) is 27.3. The summed E-state index contributed by atoms with van der Waals surface area (Å²) in [5.41, 5.74) is 12.5. The second kappa shape index (κ2) is 10.9. The zero-order valence-corrected chi connectivity index (χ0v) is 24.0. The van der Waals surface area contributed by atoms with Gasteiger partial charge in [0.1, 0.15) is 40.3 Å². The van der Waals surface area contributed by atoms with E-state index in [9.17, 15) is 9.00 Å². The van der Waals surface area contributed by atoms with Gasteiger partial charge in [0.05, 0.1) is 5.03 Å². The van der Waals surface area contributed by atoms with E-state index in [1.54, 1.807) is 0 Å². The van der Waals surface area contributed by atoms with Gasteiger partial charge < -0.3 is 26.2 Å². The Morgan fingerprint density at radius 1 is 1.24 bits per heavy atom. The Bertz CT molecular complexity index is 1190. The first-order chi connectivity index (χ1) is 17.4. The largest absolute Gasteiger partial charge is 0.389 e. The molecule has 0 spiro atoms. The van der Waals surface area contributed by atoms with E-state index in [1.807, 2.05) is 43.6 Å². The summed E-state index contributed by atoms with van der Waals surface area (Å²) in [6.45, 7) is 14.3. The van der Waals surface area contributed by atoms with Gasteiger partial charge in [-0.15, -0.1) is 0 Å². The van der Waals surface area contributed by atoms with Crippen LogP contribution in [0.25, 0.3) is 0 Å². The molecule has 3 aliphatic rings. The first kappa shape index (κ1) is 28.7. The molecule has 2 fully saturated rings. The van der Waals surface area contributed by atoms with Crippen LogP contribution in [0.5, 0.6) is 0 Å². The number of carbonyl (C=O) groups is 1. The fourth-order valence-corrected chi connectivity index (χ4v) is 6.42. The number of aromatic nitrogens is 2. The molecule has 3 aliphatic heterocycles. The maximum atomic E-state index is 13.2. The van der Waals surface area contributed by atoms with Crippen LogP contribution in [0.4, 0.5) is 11.6 Å². The Kier molecular flexibility index (Phi) is 8.44. The van der Waals surface area contributed by atoms with Crippen LogP contribution >= 0.6 is 11.6 Å². The molecule has 0 bridgehead atoms. The minimum Gasteiger partial charge on any atom is -0.389 e. The number of fused-ring (bicyclic) bond motifs is 1. The van der Waals surface area contributed by atoms with Gasteiger partial charge in [-0.25, -0.2) is 9.97 Å². The lowest BCUT2D eigenvalue weighted by Crippen LogP contribution is -2.63. The summed E-state index contributed by atoms with van der Waals surface area (Å²) in [5.74, 6) is 2.39. The van der Waals surface area contributed by atoms with Gasteiger partial charge in [-0.3, -0.25) is 9.00 Å². The second-order valence-corrected chi connectivity index (χ2v) is 12.5. The minimum absolute atomic E-state index is 0.0202. The van der Waals surface area contributed by atoms with Crippen molar-refractivity contribution in [2.45, 2.75) is 64.2 Å². The number of amides is 1. The van der Waals surface area contributed by atoms with E-state index in [0.717, 1.165) is 11.4 Å². The van der Waals surface area contributed by atoms with Crippen LogP contribution in [0, 0.1) is 11.3 Å². The van der Waals surface area contributed by atoms with Gasteiger partial charge in [-0.2, -0.15) is 5.26 Å². The summed E-state index contributed by atoms with van der Waals surface area (Å²) < 4.78 is 11.5. The SMILES string of the molecule is CC.CC1CN(c2ncnc3c2C(C)(C)CN3/C(N)=C/C(Cl)=C(\N)C#N)CCN1C(=O)C1(C)CCS1=O. The van der Waals surface area contributed by atoms with Crippen molar-refractivity contribution in [3.8, 4) is 6.07 Å². The summed E-state index contributed by atoms with van der Waals surface area (Å²) in [5, 5.41) is 9.06. The van der Waals surface area contributed by atoms with Crippen LogP contribution in [-0.2, 0) is 21.0 Å². The lowest BCUT2D eigenvalue weighted by Gasteiger charge is -2.46. The van der Waals surface area contributed by atoms with Gasteiger partial charge in [-0.1, -0.05) is 39.3 Å². The summed E-state index contributed by atoms with van der Waals surface area (Å²) in [6, 6.07) is 1.76. The maximum Gasteiger partial charge on any atom is 0.241 e. The topological polar surface area (TPSA) is 145 Å². The third-order valence-corrected chi connectivity index (χ3v) is 9.44. The van der Waals surface area contributed by atoms with Crippen molar-refractivity contribution in [3.05, 3.63) is 34.5 Å². The molecule has 2 saturated heterocycles. The molecule has 12 heteroatoms. The fraction of sp³-hybridized carbons (Fsp3) is 0.600. The van der Waals surface area contributed by atoms with E-state index < -0.39 is 15.5 Å². The number of piperazine rings is 1. The highest BCUT2D eigenvalue weighted by Crippen LogP contribution is 2.45. The minimum atomic E-state index is -1.10. The molecule has 4 heterocycles. The predicted octanol–water partition coefficient (Wildman–Crippen LogP) is 2.28. The lowest BCUT2D eigenvalue weighted by molar-refractivity contribution is -0.136. The summed E-state index contributed by atoms with van der Waals surface area (Å²) in [6.07, 6.45) is 3.64. The maximum absolute atomic E-state index is 13.2. The van der Waals surface area contributed by atoms with Crippen molar-refractivity contribution >= 4 is 39.9 Å². The molecule has 0 saturated carbocycles. The number of carbonyl (C=O) groups excluding carboxylic acids is 1. The van der Waals surface area contributed by atoms with Crippen LogP contribution in [0.1, 0.15) is 53.5 Å². The molecular formula is C25H37ClN8O2S. The molecule has 3 unspecified atom stereocenters. The van der Waals surface area contributed by atoms with Gasteiger partial charge in [0.15, 0.2) is 0 Å². The molecule has 0 aromatic carbocycles. The summed E-state index contributed by atoms with van der Waals surface area (Å²) >= 11 is 6.12. The van der Waals surface area contributed by atoms with Crippen molar-refractivity contribution in [2.24, 2.45) is 11.5 Å². The number of nitrogens with zero attached hydrogens (tertiary/aromatic N) is 6. The van der Waals surface area contributed by atoms with Crippen molar-refractivity contribution < 1.29 is 9.00 Å². The van der Waals surface area contributed by atoms with Crippen LogP contribution in [0.3, 0.4) is 0 Å². The molecule has 1 amide bonds. The number of allylic oxidation sites excluding steroid dienone is 3. The highest BCUT2D eigenvalue weighted by atomic mass is 35.5. The van der Waals surface area contributed by atoms with Crippen molar-refractivity contribution in [1.29, 1.82) is 5.26 Å².